The van der Waals surface area contributed by atoms with Gasteiger partial charge in [0.05, 0.1) is 5.56 Å². The lowest BCUT2D eigenvalue weighted by Gasteiger charge is -2.33. The van der Waals surface area contributed by atoms with E-state index < -0.39 is 0 Å². The van der Waals surface area contributed by atoms with Crippen molar-refractivity contribution in [2.75, 3.05) is 31.1 Å². The van der Waals surface area contributed by atoms with Crippen LogP contribution in [0.3, 0.4) is 0 Å². The molecule has 0 fully saturated rings. The van der Waals surface area contributed by atoms with Crippen LogP contribution in [0.4, 0.5) is 5.82 Å². The highest BCUT2D eigenvalue weighted by Gasteiger charge is 2.26. The number of fused-ring (bicyclic) bond motifs is 1. The number of aromatic nitrogens is 1. The highest BCUT2D eigenvalue weighted by atomic mass is 35.5. The van der Waals surface area contributed by atoms with Crippen molar-refractivity contribution in [3.05, 3.63) is 21.8 Å². The lowest BCUT2D eigenvalue weighted by Crippen LogP contribution is -2.34. The van der Waals surface area contributed by atoms with Gasteiger partial charge in [0, 0.05) is 31.7 Å². The van der Waals surface area contributed by atoms with Gasteiger partial charge in [-0.15, -0.1) is 0 Å². The van der Waals surface area contributed by atoms with E-state index in [-0.39, 0.29) is 0 Å². The van der Waals surface area contributed by atoms with Crippen LogP contribution >= 0.6 is 11.6 Å². The quantitative estimate of drug-likeness (QED) is 0.751. The maximum atomic E-state index is 9.43. The number of anilines is 1. The molecule has 0 N–H and O–H groups in total. The number of nitrogens with zero attached hydrogens (tertiary/aromatic N) is 4. The first-order valence-electron chi connectivity index (χ1n) is 8.24. The molecule has 5 heteroatoms. The molecule has 0 bridgehead atoms. The second-order valence-electron chi connectivity index (χ2n) is 5.78. The van der Waals surface area contributed by atoms with E-state index >= 15 is 0 Å². The molecule has 120 valence electrons. The number of rotatable bonds is 6. The van der Waals surface area contributed by atoms with Crippen LogP contribution in [0.1, 0.15) is 50.3 Å². The molecule has 1 aromatic rings. The molecular formula is C17H25ClN4. The third-order valence-electron chi connectivity index (χ3n) is 4.25. The first-order chi connectivity index (χ1) is 10.7. The molecule has 22 heavy (non-hydrogen) atoms. The Hall–Kier alpha value is -1.31. The normalized spacial score (nSPS) is 14.5. The molecule has 1 aromatic heterocycles. The minimum absolute atomic E-state index is 0.360. The molecule has 1 aliphatic heterocycles. The summed E-state index contributed by atoms with van der Waals surface area (Å²) in [6, 6.07) is 2.25. The van der Waals surface area contributed by atoms with Gasteiger partial charge in [0.2, 0.25) is 0 Å². The molecule has 0 aliphatic carbocycles. The SMILES string of the molecule is CCCN(CCC)c1nc(Cl)c(C#N)c2c1CN(CC)CC2. The predicted octanol–water partition coefficient (Wildman–Crippen LogP) is 3.61. The summed E-state index contributed by atoms with van der Waals surface area (Å²) in [5.74, 6) is 0.987. The minimum atomic E-state index is 0.360. The van der Waals surface area contributed by atoms with Gasteiger partial charge >= 0.3 is 0 Å². The second-order valence-corrected chi connectivity index (χ2v) is 6.13. The average molecular weight is 321 g/mol. The van der Waals surface area contributed by atoms with Gasteiger partial charge in [-0.3, -0.25) is 4.90 Å². The zero-order chi connectivity index (χ0) is 16.1. The van der Waals surface area contributed by atoms with Crippen LogP contribution < -0.4 is 4.90 Å². The summed E-state index contributed by atoms with van der Waals surface area (Å²) < 4.78 is 0. The van der Waals surface area contributed by atoms with Crippen molar-refractivity contribution in [3.8, 4) is 6.07 Å². The van der Waals surface area contributed by atoms with Crippen LogP contribution in [0.2, 0.25) is 5.15 Å². The van der Waals surface area contributed by atoms with Crippen molar-refractivity contribution >= 4 is 17.4 Å². The lowest BCUT2D eigenvalue weighted by molar-refractivity contribution is 0.267. The van der Waals surface area contributed by atoms with E-state index in [2.05, 4.69) is 41.6 Å². The summed E-state index contributed by atoms with van der Waals surface area (Å²) >= 11 is 6.31. The molecule has 0 aromatic carbocycles. The highest BCUT2D eigenvalue weighted by Crippen LogP contribution is 2.33. The Morgan fingerprint density at radius 3 is 2.45 bits per heavy atom. The van der Waals surface area contributed by atoms with Gasteiger partial charge in [0.25, 0.3) is 0 Å². The standard InChI is InChI=1S/C17H25ClN4/c1-4-8-22(9-5-2)17-15-12-21(6-3)10-7-13(15)14(11-19)16(18)20-17/h4-10,12H2,1-3H3. The molecular weight excluding hydrogens is 296 g/mol. The van der Waals surface area contributed by atoms with Crippen molar-refractivity contribution < 1.29 is 0 Å². The summed E-state index contributed by atoms with van der Waals surface area (Å²) in [7, 11) is 0. The Morgan fingerprint density at radius 1 is 1.23 bits per heavy atom. The fraction of sp³-hybridized carbons (Fsp3) is 0.647. The van der Waals surface area contributed by atoms with Gasteiger partial charge in [0.1, 0.15) is 17.0 Å². The van der Waals surface area contributed by atoms with Crippen molar-refractivity contribution in [2.24, 2.45) is 0 Å². The van der Waals surface area contributed by atoms with Crippen LogP contribution in [-0.4, -0.2) is 36.1 Å². The number of halogens is 1. The molecule has 2 heterocycles. The molecule has 0 atom stereocenters. The Kier molecular flexibility index (Phi) is 6.05. The third-order valence-corrected chi connectivity index (χ3v) is 4.53. The van der Waals surface area contributed by atoms with Gasteiger partial charge in [-0.05, 0) is 31.4 Å². The fourth-order valence-electron chi connectivity index (χ4n) is 3.15. The number of likely N-dealkylation sites (N-methyl/N-ethyl adjacent to an activating group) is 1. The minimum Gasteiger partial charge on any atom is -0.356 e. The largest absolute Gasteiger partial charge is 0.356 e. The van der Waals surface area contributed by atoms with Crippen LogP contribution in [0.25, 0.3) is 0 Å². The maximum Gasteiger partial charge on any atom is 0.149 e. The molecule has 0 unspecified atom stereocenters. The first-order valence-corrected chi connectivity index (χ1v) is 8.62. The Bertz CT molecular complexity index is 559. The van der Waals surface area contributed by atoms with E-state index in [1.807, 2.05) is 0 Å². The topological polar surface area (TPSA) is 43.2 Å². The summed E-state index contributed by atoms with van der Waals surface area (Å²) in [6.07, 6.45) is 3.03. The van der Waals surface area contributed by atoms with Gasteiger partial charge in [-0.2, -0.15) is 5.26 Å². The molecule has 0 saturated heterocycles. The predicted molar refractivity (Wildman–Crippen MR) is 91.4 cm³/mol. The highest BCUT2D eigenvalue weighted by molar-refractivity contribution is 6.30. The van der Waals surface area contributed by atoms with Gasteiger partial charge < -0.3 is 4.90 Å². The summed E-state index contributed by atoms with van der Waals surface area (Å²) in [5, 5.41) is 9.79. The molecule has 0 amide bonds. The van der Waals surface area contributed by atoms with E-state index in [4.69, 9.17) is 11.6 Å². The van der Waals surface area contributed by atoms with E-state index in [0.717, 1.165) is 63.4 Å². The van der Waals surface area contributed by atoms with Crippen molar-refractivity contribution in [3.63, 3.8) is 0 Å². The average Bonchev–Trinajstić information content (AvgIpc) is 2.53. The molecule has 0 spiro atoms. The lowest BCUT2D eigenvalue weighted by atomic mass is 9.96. The van der Waals surface area contributed by atoms with Crippen LogP contribution in [0.15, 0.2) is 0 Å². The number of hydrogen-bond donors (Lipinski definition) is 0. The summed E-state index contributed by atoms with van der Waals surface area (Å²) in [6.45, 7) is 11.4. The van der Waals surface area contributed by atoms with Crippen LogP contribution in [0, 0.1) is 11.3 Å². The zero-order valence-corrected chi connectivity index (χ0v) is 14.6. The van der Waals surface area contributed by atoms with Gasteiger partial charge in [0.15, 0.2) is 0 Å². The summed E-state index contributed by atoms with van der Waals surface area (Å²) in [4.78, 5) is 9.33. The number of nitriles is 1. The molecule has 2 rings (SSSR count). The van der Waals surface area contributed by atoms with Gasteiger partial charge in [-0.1, -0.05) is 32.4 Å². The Balaban J connectivity index is 2.53. The molecule has 1 aliphatic rings. The van der Waals surface area contributed by atoms with Crippen molar-refractivity contribution in [1.29, 1.82) is 5.26 Å². The maximum absolute atomic E-state index is 9.43. The Morgan fingerprint density at radius 2 is 1.91 bits per heavy atom. The zero-order valence-electron chi connectivity index (χ0n) is 13.8. The van der Waals surface area contributed by atoms with E-state index in [1.165, 1.54) is 5.56 Å². The van der Waals surface area contributed by atoms with E-state index in [1.54, 1.807) is 0 Å². The Labute approximate surface area is 138 Å². The van der Waals surface area contributed by atoms with Crippen LogP contribution in [0.5, 0.6) is 0 Å². The number of pyridine rings is 1. The smallest absolute Gasteiger partial charge is 0.149 e. The number of hydrogen-bond acceptors (Lipinski definition) is 4. The summed E-state index contributed by atoms with van der Waals surface area (Å²) in [5.41, 5.74) is 2.89. The van der Waals surface area contributed by atoms with Crippen molar-refractivity contribution in [1.82, 2.24) is 9.88 Å². The monoisotopic (exact) mass is 320 g/mol. The molecule has 0 radical (unpaired) electrons. The third kappa shape index (κ3) is 3.37. The first kappa shape index (κ1) is 17.1. The van der Waals surface area contributed by atoms with E-state index in [0.29, 0.717) is 10.7 Å². The van der Waals surface area contributed by atoms with E-state index in [9.17, 15) is 5.26 Å². The fourth-order valence-corrected chi connectivity index (χ4v) is 3.39. The molecule has 4 nitrogen and oxygen atoms in total. The van der Waals surface area contributed by atoms with Crippen molar-refractivity contribution in [2.45, 2.75) is 46.6 Å². The van der Waals surface area contributed by atoms with Crippen LogP contribution in [-0.2, 0) is 13.0 Å². The van der Waals surface area contributed by atoms with Gasteiger partial charge in [-0.25, -0.2) is 4.98 Å². The second kappa shape index (κ2) is 7.80. The molecule has 0 saturated carbocycles.